The molecule has 1 unspecified atom stereocenters. The maximum absolute atomic E-state index is 13.0. The number of carbonyl (C=O) groups is 1. The Morgan fingerprint density at radius 1 is 1.17 bits per heavy atom. The molecule has 2 aromatic carbocycles. The second kappa shape index (κ2) is 7.15. The maximum atomic E-state index is 13.0. The number of amides is 1. The Hall–Kier alpha value is -2.53. The van der Waals surface area contributed by atoms with Gasteiger partial charge in [-0.15, -0.1) is 0 Å². The molecule has 0 spiro atoms. The van der Waals surface area contributed by atoms with E-state index in [1.54, 1.807) is 12.1 Å². The molecule has 23 heavy (non-hydrogen) atoms. The fourth-order valence-electron chi connectivity index (χ4n) is 2.01. The van der Waals surface area contributed by atoms with Crippen LogP contribution in [0.1, 0.15) is 18.1 Å². The minimum Gasteiger partial charge on any atom is -0.384 e. The highest BCUT2D eigenvalue weighted by Crippen LogP contribution is 2.19. The van der Waals surface area contributed by atoms with Gasteiger partial charge in [0, 0.05) is 6.08 Å². The van der Waals surface area contributed by atoms with Crippen molar-refractivity contribution in [1.82, 2.24) is 5.32 Å². The van der Waals surface area contributed by atoms with Crippen molar-refractivity contribution < 1.29 is 18.7 Å². The Kier molecular flexibility index (Phi) is 5.24. The number of aliphatic hydroxyl groups is 1. The molecule has 120 valence electrons. The zero-order chi connectivity index (χ0) is 16.9. The first-order valence-electron chi connectivity index (χ1n) is 7.07. The lowest BCUT2D eigenvalue weighted by atomic mass is 9.96. The first-order valence-corrected chi connectivity index (χ1v) is 7.07. The van der Waals surface area contributed by atoms with Crippen LogP contribution in [0, 0.1) is 11.6 Å². The summed E-state index contributed by atoms with van der Waals surface area (Å²) >= 11 is 0. The number of hydrogen-bond acceptors (Lipinski definition) is 2. The number of rotatable bonds is 5. The fourth-order valence-corrected chi connectivity index (χ4v) is 2.01. The molecule has 2 aromatic rings. The molecule has 0 bridgehead atoms. The monoisotopic (exact) mass is 317 g/mol. The summed E-state index contributed by atoms with van der Waals surface area (Å²) < 4.78 is 25.9. The summed E-state index contributed by atoms with van der Waals surface area (Å²) in [7, 11) is 0. The van der Waals surface area contributed by atoms with Crippen molar-refractivity contribution in [2.75, 3.05) is 6.54 Å². The maximum Gasteiger partial charge on any atom is 0.244 e. The SMILES string of the molecule is CC(O)(CNC(=O)/C=C/c1cccc(F)c1)c1ccc(F)cc1. The van der Waals surface area contributed by atoms with Crippen LogP contribution in [0.4, 0.5) is 8.78 Å². The summed E-state index contributed by atoms with van der Waals surface area (Å²) in [5.74, 6) is -1.20. The third kappa shape index (κ3) is 5.00. The van der Waals surface area contributed by atoms with Gasteiger partial charge in [0.1, 0.15) is 17.2 Å². The van der Waals surface area contributed by atoms with Crippen LogP contribution in [0.2, 0.25) is 0 Å². The third-order valence-electron chi connectivity index (χ3n) is 3.35. The molecule has 0 radical (unpaired) electrons. The first-order chi connectivity index (χ1) is 10.9. The molecule has 0 saturated carbocycles. The Bertz CT molecular complexity index is 709. The quantitative estimate of drug-likeness (QED) is 0.833. The van der Waals surface area contributed by atoms with E-state index in [2.05, 4.69) is 5.32 Å². The zero-order valence-corrected chi connectivity index (χ0v) is 12.6. The minimum atomic E-state index is -1.32. The molecule has 0 aliphatic rings. The largest absolute Gasteiger partial charge is 0.384 e. The van der Waals surface area contributed by atoms with E-state index in [-0.39, 0.29) is 12.4 Å². The molecule has 0 aromatic heterocycles. The van der Waals surface area contributed by atoms with Crippen molar-refractivity contribution in [2.45, 2.75) is 12.5 Å². The van der Waals surface area contributed by atoms with Crippen LogP contribution in [0.5, 0.6) is 0 Å². The average Bonchev–Trinajstić information content (AvgIpc) is 2.51. The summed E-state index contributed by atoms with van der Waals surface area (Å²) in [5, 5.41) is 12.9. The van der Waals surface area contributed by atoms with E-state index in [0.29, 0.717) is 11.1 Å². The number of hydrogen-bond donors (Lipinski definition) is 2. The molecule has 1 atom stereocenters. The van der Waals surface area contributed by atoms with Crippen LogP contribution in [-0.2, 0) is 10.4 Å². The van der Waals surface area contributed by atoms with Gasteiger partial charge in [0.2, 0.25) is 5.91 Å². The van der Waals surface area contributed by atoms with Crippen molar-refractivity contribution in [3.63, 3.8) is 0 Å². The highest BCUT2D eigenvalue weighted by molar-refractivity contribution is 5.91. The van der Waals surface area contributed by atoms with Gasteiger partial charge in [-0.05, 0) is 48.4 Å². The molecule has 0 aliphatic heterocycles. The van der Waals surface area contributed by atoms with E-state index in [0.717, 1.165) is 0 Å². The molecule has 2 N–H and O–H groups in total. The fraction of sp³-hybridized carbons (Fsp3) is 0.167. The van der Waals surface area contributed by atoms with Crippen molar-refractivity contribution in [2.24, 2.45) is 0 Å². The predicted molar refractivity (Wildman–Crippen MR) is 84.4 cm³/mol. The molecule has 1 amide bonds. The Morgan fingerprint density at radius 2 is 1.87 bits per heavy atom. The van der Waals surface area contributed by atoms with Gasteiger partial charge in [0.15, 0.2) is 0 Å². The van der Waals surface area contributed by atoms with Crippen LogP contribution in [-0.4, -0.2) is 17.6 Å². The van der Waals surface area contributed by atoms with Crippen LogP contribution in [0.3, 0.4) is 0 Å². The standard InChI is InChI=1S/C18H17F2NO2/c1-18(23,14-6-8-15(19)9-7-14)12-21-17(22)10-5-13-3-2-4-16(20)11-13/h2-11,23H,12H2,1H3,(H,21,22)/b10-5+. The molecule has 0 fully saturated rings. The smallest absolute Gasteiger partial charge is 0.244 e. The molecule has 0 heterocycles. The highest BCUT2D eigenvalue weighted by atomic mass is 19.1. The number of nitrogens with one attached hydrogen (secondary N) is 1. The van der Waals surface area contributed by atoms with E-state index in [9.17, 15) is 18.7 Å². The summed E-state index contributed by atoms with van der Waals surface area (Å²) in [6.07, 6.45) is 2.74. The van der Waals surface area contributed by atoms with E-state index >= 15 is 0 Å². The van der Waals surface area contributed by atoms with Gasteiger partial charge in [-0.25, -0.2) is 8.78 Å². The number of carbonyl (C=O) groups excluding carboxylic acids is 1. The molecule has 2 rings (SSSR count). The van der Waals surface area contributed by atoms with Gasteiger partial charge in [-0.2, -0.15) is 0 Å². The molecular weight excluding hydrogens is 300 g/mol. The summed E-state index contributed by atoms with van der Waals surface area (Å²) in [5.41, 5.74) is -0.269. The molecule has 0 aliphatic carbocycles. The van der Waals surface area contributed by atoms with Crippen molar-refractivity contribution in [3.05, 3.63) is 77.4 Å². The van der Waals surface area contributed by atoms with E-state index in [1.165, 1.54) is 55.5 Å². The highest BCUT2D eigenvalue weighted by Gasteiger charge is 2.23. The van der Waals surface area contributed by atoms with Crippen molar-refractivity contribution >= 4 is 12.0 Å². The number of benzene rings is 2. The number of halogens is 2. The molecule has 0 saturated heterocycles. The molecular formula is C18H17F2NO2. The first kappa shape index (κ1) is 16.8. The van der Waals surface area contributed by atoms with E-state index in [1.807, 2.05) is 0 Å². The lowest BCUT2D eigenvalue weighted by molar-refractivity contribution is -0.117. The lowest BCUT2D eigenvalue weighted by Crippen LogP contribution is -2.37. The Labute approximate surface area is 133 Å². The minimum absolute atomic E-state index is 0.0367. The topological polar surface area (TPSA) is 49.3 Å². The Morgan fingerprint density at radius 3 is 2.52 bits per heavy atom. The second-order valence-electron chi connectivity index (χ2n) is 5.39. The van der Waals surface area contributed by atoms with Gasteiger partial charge in [-0.1, -0.05) is 24.3 Å². The molecule has 3 nitrogen and oxygen atoms in total. The third-order valence-corrected chi connectivity index (χ3v) is 3.35. The van der Waals surface area contributed by atoms with Crippen LogP contribution < -0.4 is 5.32 Å². The normalized spacial score (nSPS) is 13.7. The Balaban J connectivity index is 1.94. The summed E-state index contributed by atoms with van der Waals surface area (Å²) in [4.78, 5) is 11.8. The van der Waals surface area contributed by atoms with Gasteiger partial charge in [-0.3, -0.25) is 4.79 Å². The van der Waals surface area contributed by atoms with E-state index < -0.39 is 17.3 Å². The van der Waals surface area contributed by atoms with E-state index in [4.69, 9.17) is 0 Å². The summed E-state index contributed by atoms with van der Waals surface area (Å²) in [6, 6.07) is 11.3. The van der Waals surface area contributed by atoms with Crippen LogP contribution in [0.15, 0.2) is 54.6 Å². The molecule has 5 heteroatoms. The van der Waals surface area contributed by atoms with Crippen LogP contribution in [0.25, 0.3) is 6.08 Å². The lowest BCUT2D eigenvalue weighted by Gasteiger charge is -2.23. The van der Waals surface area contributed by atoms with Gasteiger partial charge in [0.25, 0.3) is 0 Å². The zero-order valence-electron chi connectivity index (χ0n) is 12.6. The van der Waals surface area contributed by atoms with Gasteiger partial charge >= 0.3 is 0 Å². The van der Waals surface area contributed by atoms with Gasteiger partial charge < -0.3 is 10.4 Å². The average molecular weight is 317 g/mol. The second-order valence-corrected chi connectivity index (χ2v) is 5.39. The van der Waals surface area contributed by atoms with Gasteiger partial charge in [0.05, 0.1) is 6.54 Å². The summed E-state index contributed by atoms with van der Waals surface area (Å²) in [6.45, 7) is 1.49. The van der Waals surface area contributed by atoms with Crippen molar-refractivity contribution in [1.29, 1.82) is 0 Å². The van der Waals surface area contributed by atoms with Crippen LogP contribution >= 0.6 is 0 Å². The van der Waals surface area contributed by atoms with Crippen molar-refractivity contribution in [3.8, 4) is 0 Å². The predicted octanol–water partition coefficient (Wildman–Crippen LogP) is 3.00.